The highest BCUT2D eigenvalue weighted by atomic mass is 19.1. The lowest BCUT2D eigenvalue weighted by molar-refractivity contribution is -0.131. The normalized spacial score (nSPS) is 14.2. The number of amides is 1. The number of hydrogen-bond acceptors (Lipinski definition) is 4. The van der Waals surface area contributed by atoms with E-state index in [1.165, 1.54) is 12.1 Å². The minimum atomic E-state index is -0.281. The molecule has 2 aromatic rings. The van der Waals surface area contributed by atoms with Crippen LogP contribution in [0.4, 0.5) is 15.8 Å². The summed E-state index contributed by atoms with van der Waals surface area (Å²) >= 11 is 0. The van der Waals surface area contributed by atoms with Crippen LogP contribution in [-0.2, 0) is 4.79 Å². The number of nitrogens with zero attached hydrogens (tertiary/aromatic N) is 2. The number of carbonyl (C=O) groups is 1. The predicted octanol–water partition coefficient (Wildman–Crippen LogP) is 2.99. The summed E-state index contributed by atoms with van der Waals surface area (Å²) in [6, 6.07) is 14.3. The van der Waals surface area contributed by atoms with E-state index in [1.807, 2.05) is 29.2 Å². The number of piperazine rings is 1. The average Bonchev–Trinajstić information content (AvgIpc) is 2.68. The lowest BCUT2D eigenvalue weighted by Crippen LogP contribution is -2.49. The van der Waals surface area contributed by atoms with Crippen LogP contribution in [0.3, 0.4) is 0 Å². The fourth-order valence-electron chi connectivity index (χ4n) is 3.08. The zero-order valence-corrected chi connectivity index (χ0v) is 15.0. The van der Waals surface area contributed by atoms with Crippen molar-refractivity contribution in [2.75, 3.05) is 50.1 Å². The van der Waals surface area contributed by atoms with E-state index in [4.69, 9.17) is 4.74 Å². The van der Waals surface area contributed by atoms with Gasteiger partial charge >= 0.3 is 0 Å². The molecule has 0 atom stereocenters. The molecule has 0 saturated carbocycles. The van der Waals surface area contributed by atoms with E-state index in [-0.39, 0.29) is 11.7 Å². The third-order valence-corrected chi connectivity index (χ3v) is 4.56. The first-order valence-electron chi connectivity index (χ1n) is 8.82. The number of halogens is 1. The van der Waals surface area contributed by atoms with Crippen molar-refractivity contribution >= 4 is 17.3 Å². The maximum absolute atomic E-state index is 13.1. The van der Waals surface area contributed by atoms with Crippen LogP contribution < -0.4 is 15.0 Å². The van der Waals surface area contributed by atoms with Crippen LogP contribution in [-0.4, -0.2) is 50.6 Å². The van der Waals surface area contributed by atoms with E-state index < -0.39 is 0 Å². The van der Waals surface area contributed by atoms with Crippen molar-refractivity contribution in [3.8, 4) is 5.75 Å². The molecule has 26 heavy (non-hydrogen) atoms. The third-order valence-electron chi connectivity index (χ3n) is 4.56. The molecular formula is C20H24FN3O2. The molecule has 6 heteroatoms. The summed E-state index contributed by atoms with van der Waals surface area (Å²) in [6.07, 6.45) is 0.402. The van der Waals surface area contributed by atoms with Crippen molar-refractivity contribution in [3.05, 3.63) is 54.3 Å². The molecule has 0 aromatic heterocycles. The van der Waals surface area contributed by atoms with Crippen LogP contribution in [0.1, 0.15) is 6.42 Å². The molecule has 2 aromatic carbocycles. The summed E-state index contributed by atoms with van der Waals surface area (Å²) in [5.41, 5.74) is 1.84. The molecule has 1 saturated heterocycles. The number of ether oxygens (including phenoxy) is 1. The molecule has 0 bridgehead atoms. The topological polar surface area (TPSA) is 44.8 Å². The average molecular weight is 357 g/mol. The minimum Gasteiger partial charge on any atom is -0.497 e. The van der Waals surface area contributed by atoms with Crippen molar-refractivity contribution < 1.29 is 13.9 Å². The van der Waals surface area contributed by atoms with Gasteiger partial charge in [0.15, 0.2) is 0 Å². The van der Waals surface area contributed by atoms with Gasteiger partial charge in [0, 0.05) is 50.5 Å². The second-order valence-corrected chi connectivity index (χ2v) is 6.25. The van der Waals surface area contributed by atoms with Crippen molar-refractivity contribution in [1.82, 2.24) is 4.90 Å². The molecule has 0 radical (unpaired) electrons. The summed E-state index contributed by atoms with van der Waals surface area (Å²) in [5, 5.41) is 3.09. The molecule has 0 unspecified atom stereocenters. The Kier molecular flexibility index (Phi) is 5.94. The molecule has 1 fully saturated rings. The number of hydrogen-bond donors (Lipinski definition) is 1. The quantitative estimate of drug-likeness (QED) is 0.863. The third kappa shape index (κ3) is 4.65. The van der Waals surface area contributed by atoms with Crippen LogP contribution >= 0.6 is 0 Å². The van der Waals surface area contributed by atoms with Gasteiger partial charge in [0.05, 0.1) is 7.11 Å². The summed E-state index contributed by atoms with van der Waals surface area (Å²) < 4.78 is 18.3. The van der Waals surface area contributed by atoms with E-state index in [1.54, 1.807) is 19.2 Å². The van der Waals surface area contributed by atoms with E-state index in [9.17, 15) is 9.18 Å². The van der Waals surface area contributed by atoms with E-state index in [2.05, 4.69) is 10.2 Å². The summed E-state index contributed by atoms with van der Waals surface area (Å²) in [4.78, 5) is 16.5. The molecule has 1 aliphatic rings. The highest BCUT2D eigenvalue weighted by Crippen LogP contribution is 2.20. The van der Waals surface area contributed by atoms with Gasteiger partial charge in [-0.25, -0.2) is 4.39 Å². The van der Waals surface area contributed by atoms with Gasteiger partial charge in [-0.1, -0.05) is 6.07 Å². The molecular weight excluding hydrogens is 333 g/mol. The number of methoxy groups -OCH3 is 1. The molecule has 0 aliphatic carbocycles. The maximum atomic E-state index is 13.1. The second kappa shape index (κ2) is 8.56. The summed E-state index contributed by atoms with van der Waals surface area (Å²) in [6.45, 7) is 3.56. The van der Waals surface area contributed by atoms with Gasteiger partial charge in [-0.2, -0.15) is 0 Å². The van der Waals surface area contributed by atoms with Gasteiger partial charge in [-0.05, 0) is 42.5 Å². The SMILES string of the molecule is COc1ccc(N2CCN(C(=O)CCNc3cccc(F)c3)CC2)cc1. The fourth-order valence-corrected chi connectivity index (χ4v) is 3.08. The Morgan fingerprint density at radius 1 is 1.12 bits per heavy atom. The van der Waals surface area contributed by atoms with Gasteiger partial charge in [0.1, 0.15) is 11.6 Å². The fraction of sp³-hybridized carbons (Fsp3) is 0.350. The molecule has 1 aliphatic heterocycles. The predicted molar refractivity (Wildman–Crippen MR) is 101 cm³/mol. The Bertz CT molecular complexity index is 728. The summed E-state index contributed by atoms with van der Waals surface area (Å²) in [7, 11) is 1.66. The van der Waals surface area contributed by atoms with Crippen LogP contribution in [0.15, 0.2) is 48.5 Å². The second-order valence-electron chi connectivity index (χ2n) is 6.25. The minimum absolute atomic E-state index is 0.128. The van der Waals surface area contributed by atoms with Crippen LogP contribution in [0.2, 0.25) is 0 Å². The van der Waals surface area contributed by atoms with Crippen molar-refractivity contribution in [2.45, 2.75) is 6.42 Å². The monoisotopic (exact) mass is 357 g/mol. The first kappa shape index (κ1) is 18.0. The first-order valence-corrected chi connectivity index (χ1v) is 8.82. The Labute approximate surface area is 153 Å². The first-order chi connectivity index (χ1) is 12.7. The zero-order valence-electron chi connectivity index (χ0n) is 15.0. The number of carbonyl (C=O) groups excluding carboxylic acids is 1. The molecule has 1 heterocycles. The lowest BCUT2D eigenvalue weighted by atomic mass is 10.2. The maximum Gasteiger partial charge on any atom is 0.224 e. The Morgan fingerprint density at radius 2 is 1.85 bits per heavy atom. The van der Waals surface area contributed by atoms with Crippen LogP contribution in [0.5, 0.6) is 5.75 Å². The van der Waals surface area contributed by atoms with Gasteiger partial charge in [0.25, 0.3) is 0 Å². The van der Waals surface area contributed by atoms with Crippen LogP contribution in [0.25, 0.3) is 0 Å². The van der Waals surface area contributed by atoms with Crippen LogP contribution in [0, 0.1) is 5.82 Å². The largest absolute Gasteiger partial charge is 0.497 e. The highest BCUT2D eigenvalue weighted by Gasteiger charge is 2.20. The number of nitrogens with one attached hydrogen (secondary N) is 1. The standard InChI is InChI=1S/C20H24FN3O2/c1-26-19-7-5-18(6-8-19)23-11-13-24(14-12-23)20(25)9-10-22-17-4-2-3-16(21)15-17/h2-8,15,22H,9-14H2,1H3. The zero-order chi connectivity index (χ0) is 18.4. The van der Waals surface area contributed by atoms with E-state index in [0.29, 0.717) is 31.7 Å². The van der Waals surface area contributed by atoms with Crippen molar-refractivity contribution in [3.63, 3.8) is 0 Å². The molecule has 138 valence electrons. The number of benzene rings is 2. The van der Waals surface area contributed by atoms with Crippen molar-refractivity contribution in [1.29, 1.82) is 0 Å². The Hall–Kier alpha value is -2.76. The van der Waals surface area contributed by atoms with Gasteiger partial charge in [-0.15, -0.1) is 0 Å². The molecule has 1 amide bonds. The number of anilines is 2. The van der Waals surface area contributed by atoms with E-state index in [0.717, 1.165) is 24.5 Å². The Balaban J connectivity index is 1.43. The summed E-state index contributed by atoms with van der Waals surface area (Å²) in [5.74, 6) is 0.688. The highest BCUT2D eigenvalue weighted by molar-refractivity contribution is 5.77. The molecule has 0 spiro atoms. The Morgan fingerprint density at radius 3 is 2.50 bits per heavy atom. The van der Waals surface area contributed by atoms with Gasteiger partial charge < -0.3 is 19.9 Å². The van der Waals surface area contributed by atoms with Gasteiger partial charge in [0.2, 0.25) is 5.91 Å². The van der Waals surface area contributed by atoms with Crippen molar-refractivity contribution in [2.24, 2.45) is 0 Å². The molecule has 3 rings (SSSR count). The van der Waals surface area contributed by atoms with E-state index >= 15 is 0 Å². The smallest absolute Gasteiger partial charge is 0.224 e. The van der Waals surface area contributed by atoms with Gasteiger partial charge in [-0.3, -0.25) is 4.79 Å². The molecule has 5 nitrogen and oxygen atoms in total. The molecule has 1 N–H and O–H groups in total. The number of rotatable bonds is 6. The lowest BCUT2D eigenvalue weighted by Gasteiger charge is -2.36.